The average Bonchev–Trinajstić information content (AvgIpc) is 2.86. The number of halogens is 2. The SMILES string of the molecule is O=[N+]([O-])c1nccn1[C@@H]1O[C@H](CBr)[C@@H](O)[C@@H]1F. The topological polar surface area (TPSA) is 90.4 Å². The summed E-state index contributed by atoms with van der Waals surface area (Å²) >= 11 is 3.07. The number of aliphatic hydroxyl groups excluding tert-OH is 1. The lowest BCUT2D eigenvalue weighted by molar-refractivity contribution is -0.398. The minimum Gasteiger partial charge on any atom is -0.390 e. The van der Waals surface area contributed by atoms with Crippen LogP contribution >= 0.6 is 15.9 Å². The molecular weight excluding hydrogens is 301 g/mol. The van der Waals surface area contributed by atoms with Gasteiger partial charge in [0.2, 0.25) is 6.23 Å². The zero-order chi connectivity index (χ0) is 12.6. The van der Waals surface area contributed by atoms with Crippen LogP contribution in [0, 0.1) is 10.1 Å². The van der Waals surface area contributed by atoms with Crippen molar-refractivity contribution < 1.29 is 19.2 Å². The van der Waals surface area contributed by atoms with E-state index >= 15 is 0 Å². The fraction of sp³-hybridized carbons (Fsp3) is 0.625. The maximum Gasteiger partial charge on any atom is 0.436 e. The number of ether oxygens (including phenoxy) is 1. The fourth-order valence-corrected chi connectivity index (χ4v) is 2.24. The van der Waals surface area contributed by atoms with Gasteiger partial charge in [-0.2, -0.15) is 4.57 Å². The zero-order valence-electron chi connectivity index (χ0n) is 8.44. The molecule has 0 aliphatic carbocycles. The summed E-state index contributed by atoms with van der Waals surface area (Å²) in [6, 6.07) is 0. The smallest absolute Gasteiger partial charge is 0.390 e. The summed E-state index contributed by atoms with van der Waals surface area (Å²) in [7, 11) is 0. The summed E-state index contributed by atoms with van der Waals surface area (Å²) in [5.74, 6) is -0.514. The molecule has 0 aromatic carbocycles. The van der Waals surface area contributed by atoms with Crippen LogP contribution in [0.5, 0.6) is 0 Å². The molecule has 1 aromatic rings. The normalized spacial score (nSPS) is 32.9. The van der Waals surface area contributed by atoms with Gasteiger partial charge in [-0.15, -0.1) is 0 Å². The molecule has 0 amide bonds. The van der Waals surface area contributed by atoms with Gasteiger partial charge >= 0.3 is 5.95 Å². The van der Waals surface area contributed by atoms with Gasteiger partial charge in [-0.3, -0.25) is 0 Å². The number of imidazole rings is 1. The average molecular weight is 310 g/mol. The third kappa shape index (κ3) is 2.05. The maximum atomic E-state index is 13.8. The van der Waals surface area contributed by atoms with Gasteiger partial charge in [0.25, 0.3) is 0 Å². The van der Waals surface area contributed by atoms with Crippen LogP contribution in [0.3, 0.4) is 0 Å². The molecule has 1 fully saturated rings. The van der Waals surface area contributed by atoms with Gasteiger partial charge in [0.05, 0.1) is 0 Å². The summed E-state index contributed by atoms with van der Waals surface area (Å²) in [4.78, 5) is 13.4. The predicted molar refractivity (Wildman–Crippen MR) is 57.5 cm³/mol. The molecule has 2 rings (SSSR count). The Morgan fingerprint density at radius 3 is 3.00 bits per heavy atom. The van der Waals surface area contributed by atoms with E-state index in [1.54, 1.807) is 0 Å². The van der Waals surface area contributed by atoms with Crippen LogP contribution in [-0.2, 0) is 4.74 Å². The third-order valence-corrected chi connectivity index (χ3v) is 3.17. The van der Waals surface area contributed by atoms with E-state index in [2.05, 4.69) is 20.9 Å². The lowest BCUT2D eigenvalue weighted by Gasteiger charge is -2.11. The molecule has 17 heavy (non-hydrogen) atoms. The maximum absolute atomic E-state index is 13.8. The Morgan fingerprint density at radius 1 is 1.76 bits per heavy atom. The van der Waals surface area contributed by atoms with Gasteiger partial charge < -0.3 is 20.0 Å². The van der Waals surface area contributed by atoms with E-state index in [9.17, 15) is 19.6 Å². The number of alkyl halides is 2. The highest BCUT2D eigenvalue weighted by molar-refractivity contribution is 9.09. The van der Waals surface area contributed by atoms with Crippen LogP contribution in [0.1, 0.15) is 6.23 Å². The van der Waals surface area contributed by atoms with Gasteiger partial charge in [-0.05, 0) is 4.92 Å². The number of nitrogens with zero attached hydrogens (tertiary/aromatic N) is 3. The second kappa shape index (κ2) is 4.67. The highest BCUT2D eigenvalue weighted by Crippen LogP contribution is 2.34. The number of rotatable bonds is 3. The molecule has 1 saturated heterocycles. The van der Waals surface area contributed by atoms with Crippen molar-refractivity contribution in [1.29, 1.82) is 0 Å². The van der Waals surface area contributed by atoms with E-state index in [1.807, 2.05) is 0 Å². The first kappa shape index (κ1) is 12.4. The van der Waals surface area contributed by atoms with Crippen LogP contribution in [0.4, 0.5) is 10.3 Å². The second-order valence-corrected chi connectivity index (χ2v) is 4.19. The van der Waals surface area contributed by atoms with Gasteiger partial charge in [-0.25, -0.2) is 4.39 Å². The molecule has 1 aliphatic heterocycles. The first-order valence-corrected chi connectivity index (χ1v) is 5.89. The van der Waals surface area contributed by atoms with Crippen LogP contribution < -0.4 is 0 Å². The zero-order valence-corrected chi connectivity index (χ0v) is 10.0. The Labute approximate surface area is 103 Å². The Morgan fingerprint density at radius 2 is 2.47 bits per heavy atom. The van der Waals surface area contributed by atoms with Crippen molar-refractivity contribution in [2.75, 3.05) is 5.33 Å². The molecule has 0 radical (unpaired) electrons. The van der Waals surface area contributed by atoms with Crippen molar-refractivity contribution in [1.82, 2.24) is 9.55 Å². The van der Waals surface area contributed by atoms with Crippen molar-refractivity contribution >= 4 is 21.9 Å². The van der Waals surface area contributed by atoms with Gasteiger partial charge in [0, 0.05) is 5.33 Å². The molecule has 4 atom stereocenters. The minimum absolute atomic E-state index is 0.244. The third-order valence-electron chi connectivity index (χ3n) is 2.53. The molecule has 1 aromatic heterocycles. The van der Waals surface area contributed by atoms with E-state index in [4.69, 9.17) is 4.74 Å². The van der Waals surface area contributed by atoms with Crippen molar-refractivity contribution in [3.05, 3.63) is 22.5 Å². The number of aromatic nitrogens is 2. The summed E-state index contributed by atoms with van der Waals surface area (Å²) in [5.41, 5.74) is 0. The van der Waals surface area contributed by atoms with Crippen LogP contribution in [0.25, 0.3) is 0 Å². The quantitative estimate of drug-likeness (QED) is 0.506. The molecule has 1 N–H and O–H groups in total. The number of nitro groups is 1. The van der Waals surface area contributed by atoms with Crippen molar-refractivity contribution in [3.8, 4) is 0 Å². The summed E-state index contributed by atoms with van der Waals surface area (Å²) in [6.07, 6.45) is -2.58. The van der Waals surface area contributed by atoms with Crippen molar-refractivity contribution in [3.63, 3.8) is 0 Å². The first-order valence-electron chi connectivity index (χ1n) is 4.77. The highest BCUT2D eigenvalue weighted by atomic mass is 79.9. The number of hydrogen-bond acceptors (Lipinski definition) is 5. The number of hydrogen-bond donors (Lipinski definition) is 1. The van der Waals surface area contributed by atoms with E-state index in [-0.39, 0.29) is 5.33 Å². The molecule has 0 unspecified atom stereocenters. The molecule has 7 nitrogen and oxygen atoms in total. The van der Waals surface area contributed by atoms with Crippen molar-refractivity contribution in [2.45, 2.75) is 24.6 Å². The van der Waals surface area contributed by atoms with E-state index < -0.39 is 35.5 Å². The first-order chi connectivity index (χ1) is 8.06. The van der Waals surface area contributed by atoms with Crippen LogP contribution in [-0.4, -0.2) is 43.3 Å². The summed E-state index contributed by atoms with van der Waals surface area (Å²) in [5, 5.41) is 20.4. The fourth-order valence-electron chi connectivity index (χ4n) is 1.70. The predicted octanol–water partition coefficient (Wildman–Crippen LogP) is 0.783. The van der Waals surface area contributed by atoms with Gasteiger partial charge in [0.15, 0.2) is 6.17 Å². The van der Waals surface area contributed by atoms with E-state index in [0.29, 0.717) is 0 Å². The summed E-state index contributed by atoms with van der Waals surface area (Å²) < 4.78 is 19.9. The number of aliphatic hydroxyl groups is 1. The Hall–Kier alpha value is -1.06. The molecule has 94 valence electrons. The van der Waals surface area contributed by atoms with Gasteiger partial charge in [0.1, 0.15) is 24.6 Å². The Bertz CT molecular complexity index is 429. The molecule has 2 heterocycles. The van der Waals surface area contributed by atoms with E-state index in [0.717, 1.165) is 4.57 Å². The Kier molecular flexibility index (Phi) is 3.40. The molecular formula is C8H9BrFN3O4. The summed E-state index contributed by atoms with van der Waals surface area (Å²) in [6.45, 7) is 0. The molecule has 0 saturated carbocycles. The lowest BCUT2D eigenvalue weighted by Crippen LogP contribution is -2.29. The molecule has 0 bridgehead atoms. The van der Waals surface area contributed by atoms with Crippen molar-refractivity contribution in [2.24, 2.45) is 0 Å². The lowest BCUT2D eigenvalue weighted by atomic mass is 10.2. The van der Waals surface area contributed by atoms with Gasteiger partial charge in [-0.1, -0.05) is 20.9 Å². The largest absolute Gasteiger partial charge is 0.436 e. The monoisotopic (exact) mass is 309 g/mol. The Balaban J connectivity index is 2.29. The molecule has 1 aliphatic rings. The molecule has 9 heteroatoms. The standard InChI is InChI=1S/C8H9BrFN3O4/c9-3-4-6(14)5(10)7(17-4)12-2-1-11-8(12)13(15)16/h1-2,4-7,14H,3H2/t4-,5+,6-,7-/m1/s1. The minimum atomic E-state index is -1.73. The highest BCUT2D eigenvalue weighted by Gasteiger charge is 2.47. The second-order valence-electron chi connectivity index (χ2n) is 3.55. The van der Waals surface area contributed by atoms with Crippen LogP contribution in [0.15, 0.2) is 12.4 Å². The van der Waals surface area contributed by atoms with Crippen LogP contribution in [0.2, 0.25) is 0 Å². The molecule has 0 spiro atoms. The van der Waals surface area contributed by atoms with E-state index in [1.165, 1.54) is 12.4 Å².